The van der Waals surface area contributed by atoms with Crippen LogP contribution in [0.1, 0.15) is 49.8 Å². The first-order chi connectivity index (χ1) is 22.8. The molecule has 0 radical (unpaired) electrons. The van der Waals surface area contributed by atoms with Crippen LogP contribution in [0.4, 0.5) is 17.1 Å². The number of carbonyl (C=O) groups is 2. The highest BCUT2D eigenvalue weighted by atomic mass is 16.5. The second-order valence-corrected chi connectivity index (χ2v) is 12.0. The normalized spacial score (nSPS) is 19.7. The molecule has 10 nitrogen and oxygen atoms in total. The average molecular weight is 644 g/mol. The van der Waals surface area contributed by atoms with Crippen molar-refractivity contribution in [3.63, 3.8) is 0 Å². The standard InChI is InChI=1S/C37H45N3O7/c1-4-47-30-15-16-33-27(21-30)22-32(38-18-6-8-20-42)35(43)40(33)28-12-10-26(11-13-28)24-39-34-17-14-29(46-3)23-31(34)37(45,36(39)44)25(2)9-5-7-19-41/h5,9-17,21,23,25,32,38,41-42,45H,4,6-8,18-20,22,24H2,1-3H3/b9-5+/t25-,32?,37+/m1/s1. The highest BCUT2D eigenvalue weighted by Crippen LogP contribution is 2.47. The van der Waals surface area contributed by atoms with E-state index in [0.717, 1.165) is 29.0 Å². The number of amides is 2. The Morgan fingerprint density at radius 3 is 2.45 bits per heavy atom. The number of anilines is 3. The van der Waals surface area contributed by atoms with E-state index in [0.29, 0.717) is 55.1 Å². The number of carbonyl (C=O) groups excluding carboxylic acids is 2. The molecule has 2 amide bonds. The van der Waals surface area contributed by atoms with Crippen molar-refractivity contribution in [2.75, 3.05) is 43.3 Å². The van der Waals surface area contributed by atoms with Crippen molar-refractivity contribution in [1.82, 2.24) is 5.32 Å². The number of nitrogens with one attached hydrogen (secondary N) is 1. The van der Waals surface area contributed by atoms with Crippen LogP contribution in [0.5, 0.6) is 11.5 Å². The zero-order valence-electron chi connectivity index (χ0n) is 27.3. The molecule has 4 N–H and O–H groups in total. The van der Waals surface area contributed by atoms with E-state index >= 15 is 0 Å². The maximum Gasteiger partial charge on any atom is 0.264 e. The third kappa shape index (κ3) is 6.92. The Morgan fingerprint density at radius 2 is 1.74 bits per heavy atom. The summed E-state index contributed by atoms with van der Waals surface area (Å²) in [6, 6.07) is 18.2. The first kappa shape index (κ1) is 34.1. The van der Waals surface area contributed by atoms with Crippen molar-refractivity contribution in [2.45, 2.75) is 57.7 Å². The van der Waals surface area contributed by atoms with Crippen LogP contribution in [0.15, 0.2) is 72.8 Å². The van der Waals surface area contributed by atoms with Gasteiger partial charge in [0.05, 0.1) is 37.7 Å². The first-order valence-electron chi connectivity index (χ1n) is 16.3. The lowest BCUT2D eigenvalue weighted by Gasteiger charge is -2.35. The van der Waals surface area contributed by atoms with Gasteiger partial charge in [-0.3, -0.25) is 14.5 Å². The van der Waals surface area contributed by atoms with Crippen molar-refractivity contribution >= 4 is 28.9 Å². The number of aliphatic hydroxyl groups excluding tert-OH is 2. The number of ether oxygens (including phenoxy) is 2. The molecule has 2 aliphatic rings. The van der Waals surface area contributed by atoms with Crippen LogP contribution in [0.2, 0.25) is 0 Å². The number of aliphatic hydroxyl groups is 3. The fourth-order valence-electron chi connectivity index (χ4n) is 6.38. The quantitative estimate of drug-likeness (QED) is 0.142. The predicted molar refractivity (Wildman–Crippen MR) is 181 cm³/mol. The molecule has 10 heteroatoms. The van der Waals surface area contributed by atoms with E-state index in [1.54, 1.807) is 54.2 Å². The Balaban J connectivity index is 1.43. The van der Waals surface area contributed by atoms with Gasteiger partial charge in [0.25, 0.3) is 5.91 Å². The summed E-state index contributed by atoms with van der Waals surface area (Å²) in [5.41, 5.74) is 2.58. The van der Waals surface area contributed by atoms with Gasteiger partial charge in [-0.25, -0.2) is 0 Å². The molecule has 2 heterocycles. The molecule has 0 fully saturated rings. The van der Waals surface area contributed by atoms with Gasteiger partial charge >= 0.3 is 0 Å². The molecular weight excluding hydrogens is 598 g/mol. The highest BCUT2D eigenvalue weighted by molar-refractivity contribution is 6.08. The molecular formula is C37H45N3O7. The largest absolute Gasteiger partial charge is 0.497 e. The molecule has 250 valence electrons. The van der Waals surface area contributed by atoms with Crippen LogP contribution in [0, 0.1) is 5.92 Å². The summed E-state index contributed by atoms with van der Waals surface area (Å²) in [7, 11) is 1.54. The van der Waals surface area contributed by atoms with E-state index in [-0.39, 0.29) is 25.7 Å². The minimum Gasteiger partial charge on any atom is -0.497 e. The van der Waals surface area contributed by atoms with Crippen molar-refractivity contribution in [3.05, 3.63) is 89.5 Å². The Hall–Kier alpha value is -4.22. The van der Waals surface area contributed by atoms with Crippen molar-refractivity contribution < 1.29 is 34.4 Å². The molecule has 0 spiro atoms. The maximum atomic E-state index is 14.0. The number of methoxy groups -OCH3 is 1. The summed E-state index contributed by atoms with van der Waals surface area (Å²) < 4.78 is 11.2. The zero-order chi connectivity index (χ0) is 33.6. The van der Waals surface area contributed by atoms with Gasteiger partial charge in [-0.1, -0.05) is 31.2 Å². The van der Waals surface area contributed by atoms with E-state index in [4.69, 9.17) is 9.47 Å². The van der Waals surface area contributed by atoms with E-state index in [1.165, 1.54) is 0 Å². The van der Waals surface area contributed by atoms with Crippen LogP contribution >= 0.6 is 0 Å². The molecule has 5 rings (SSSR count). The molecule has 2 aliphatic heterocycles. The number of nitrogens with zero attached hydrogens (tertiary/aromatic N) is 2. The van der Waals surface area contributed by atoms with Gasteiger partial charge in [0.2, 0.25) is 5.91 Å². The molecule has 1 unspecified atom stereocenters. The van der Waals surface area contributed by atoms with Gasteiger partial charge in [-0.15, -0.1) is 0 Å². The molecule has 0 aromatic heterocycles. The fraction of sp³-hybridized carbons (Fsp3) is 0.405. The van der Waals surface area contributed by atoms with Crippen molar-refractivity contribution in [3.8, 4) is 11.5 Å². The smallest absolute Gasteiger partial charge is 0.264 e. The van der Waals surface area contributed by atoms with E-state index in [2.05, 4.69) is 5.32 Å². The lowest BCUT2D eigenvalue weighted by Crippen LogP contribution is -2.49. The molecule has 3 aromatic rings. The van der Waals surface area contributed by atoms with Crippen LogP contribution < -0.4 is 24.6 Å². The number of hydrogen-bond donors (Lipinski definition) is 4. The monoisotopic (exact) mass is 643 g/mol. The van der Waals surface area contributed by atoms with Crippen molar-refractivity contribution in [1.29, 1.82) is 0 Å². The predicted octanol–water partition coefficient (Wildman–Crippen LogP) is 4.35. The Labute approximate surface area is 276 Å². The van der Waals surface area contributed by atoms with Gasteiger partial charge < -0.3 is 35.0 Å². The third-order valence-electron chi connectivity index (χ3n) is 8.91. The van der Waals surface area contributed by atoms with Crippen LogP contribution in [-0.2, 0) is 28.2 Å². The summed E-state index contributed by atoms with van der Waals surface area (Å²) in [6.07, 6.45) is 5.91. The summed E-state index contributed by atoms with van der Waals surface area (Å²) in [5.74, 6) is 0.226. The first-order valence-corrected chi connectivity index (χ1v) is 16.3. The molecule has 0 bridgehead atoms. The minimum atomic E-state index is -1.81. The number of benzene rings is 3. The molecule has 47 heavy (non-hydrogen) atoms. The number of hydrogen-bond acceptors (Lipinski definition) is 8. The molecule has 0 aliphatic carbocycles. The lowest BCUT2D eigenvalue weighted by atomic mass is 9.83. The topological polar surface area (TPSA) is 132 Å². The Morgan fingerprint density at radius 1 is 1.00 bits per heavy atom. The second kappa shape index (κ2) is 15.1. The van der Waals surface area contributed by atoms with Gasteiger partial charge in [-0.05, 0) is 98.8 Å². The van der Waals surface area contributed by atoms with Crippen LogP contribution in [0.25, 0.3) is 0 Å². The van der Waals surface area contributed by atoms with Crippen LogP contribution in [0.3, 0.4) is 0 Å². The van der Waals surface area contributed by atoms with E-state index in [1.807, 2.05) is 49.4 Å². The van der Waals surface area contributed by atoms with E-state index < -0.39 is 23.5 Å². The zero-order valence-corrected chi connectivity index (χ0v) is 27.3. The maximum absolute atomic E-state index is 14.0. The highest BCUT2D eigenvalue weighted by Gasteiger charge is 2.52. The van der Waals surface area contributed by atoms with Crippen molar-refractivity contribution in [2.24, 2.45) is 5.92 Å². The van der Waals surface area contributed by atoms with E-state index in [9.17, 15) is 24.9 Å². The summed E-state index contributed by atoms with van der Waals surface area (Å²) in [6.45, 7) is 5.18. The summed E-state index contributed by atoms with van der Waals surface area (Å²) >= 11 is 0. The fourth-order valence-corrected chi connectivity index (χ4v) is 6.38. The molecule has 3 atom stereocenters. The summed E-state index contributed by atoms with van der Waals surface area (Å²) in [4.78, 5) is 31.1. The van der Waals surface area contributed by atoms with Gasteiger partial charge in [0.1, 0.15) is 11.5 Å². The second-order valence-electron chi connectivity index (χ2n) is 12.0. The third-order valence-corrected chi connectivity index (χ3v) is 8.91. The summed E-state index contributed by atoms with van der Waals surface area (Å²) in [5, 5.41) is 33.7. The molecule has 0 saturated heterocycles. The molecule has 0 saturated carbocycles. The van der Waals surface area contributed by atoms with Crippen LogP contribution in [-0.4, -0.2) is 66.7 Å². The number of unbranched alkanes of at least 4 members (excludes halogenated alkanes) is 1. The van der Waals surface area contributed by atoms with Gasteiger partial charge in [0.15, 0.2) is 5.60 Å². The Kier molecular flexibility index (Phi) is 11.0. The number of rotatable bonds is 15. The van der Waals surface area contributed by atoms with Gasteiger partial charge in [0, 0.05) is 30.4 Å². The lowest BCUT2D eigenvalue weighted by molar-refractivity contribution is -0.139. The average Bonchev–Trinajstić information content (AvgIpc) is 3.29. The molecule has 3 aromatic carbocycles. The SMILES string of the molecule is CCOc1ccc2c(c1)CC(NCCCCO)C(=O)N2c1ccc(CN2C(=O)[C@](O)([C@H](C)/C=C/CCO)c3cc(OC)ccc32)cc1. The Bertz CT molecular complexity index is 1590. The van der Waals surface area contributed by atoms with Gasteiger partial charge in [-0.2, -0.15) is 0 Å². The number of fused-ring (bicyclic) bond motifs is 2. The minimum absolute atomic E-state index is 0.0210.